The number of hydrogen-bond acceptors (Lipinski definition) is 4. The zero-order chi connectivity index (χ0) is 15.2. The third kappa shape index (κ3) is 6.28. The van der Waals surface area contributed by atoms with Crippen molar-refractivity contribution in [3.05, 3.63) is 23.8 Å². The fraction of sp³-hybridized carbons (Fsp3) is 0.417. The minimum atomic E-state index is -4.70. The quantitative estimate of drug-likeness (QED) is 0.551. The van der Waals surface area contributed by atoms with E-state index in [4.69, 9.17) is 5.11 Å². The summed E-state index contributed by atoms with van der Waals surface area (Å²) in [7, 11) is 0. The number of ether oxygens (including phenoxy) is 1. The predicted molar refractivity (Wildman–Crippen MR) is 63.1 cm³/mol. The molecule has 0 spiro atoms. The summed E-state index contributed by atoms with van der Waals surface area (Å²) < 4.78 is 38.4. The lowest BCUT2D eigenvalue weighted by Gasteiger charge is -2.08. The molecule has 8 heteroatoms. The SMILES string of the molecule is O=C(CCc1ccc(O)c(O)c1)NCCOC(F)(F)F. The molecule has 112 valence electrons. The van der Waals surface area contributed by atoms with Crippen LogP contribution in [0.1, 0.15) is 12.0 Å². The lowest BCUT2D eigenvalue weighted by molar-refractivity contribution is -0.323. The van der Waals surface area contributed by atoms with Gasteiger partial charge in [-0.3, -0.25) is 9.53 Å². The molecule has 3 N–H and O–H groups in total. The lowest BCUT2D eigenvalue weighted by atomic mass is 10.1. The van der Waals surface area contributed by atoms with E-state index >= 15 is 0 Å². The van der Waals surface area contributed by atoms with E-state index in [-0.39, 0.29) is 24.5 Å². The van der Waals surface area contributed by atoms with Gasteiger partial charge in [0.15, 0.2) is 11.5 Å². The van der Waals surface area contributed by atoms with E-state index in [9.17, 15) is 23.1 Å². The fourth-order valence-corrected chi connectivity index (χ4v) is 1.43. The molecule has 1 rings (SSSR count). The molecule has 0 aliphatic rings. The highest BCUT2D eigenvalue weighted by atomic mass is 19.4. The summed E-state index contributed by atoms with van der Waals surface area (Å²) in [5.41, 5.74) is 0.627. The molecule has 1 aromatic rings. The number of aromatic hydroxyl groups is 2. The Morgan fingerprint density at radius 1 is 1.25 bits per heavy atom. The van der Waals surface area contributed by atoms with Gasteiger partial charge in [-0.15, -0.1) is 13.2 Å². The third-order valence-corrected chi connectivity index (χ3v) is 2.37. The van der Waals surface area contributed by atoms with E-state index in [1.807, 2.05) is 0 Å². The maximum Gasteiger partial charge on any atom is 0.522 e. The molecule has 0 saturated heterocycles. The maximum absolute atomic E-state index is 11.6. The first-order chi connectivity index (χ1) is 9.28. The summed E-state index contributed by atoms with van der Waals surface area (Å²) in [5, 5.41) is 20.6. The monoisotopic (exact) mass is 293 g/mol. The molecule has 0 saturated carbocycles. The number of rotatable bonds is 6. The Morgan fingerprint density at radius 3 is 2.55 bits per heavy atom. The number of hydrogen-bond donors (Lipinski definition) is 3. The molecule has 0 radical (unpaired) electrons. The molecule has 0 atom stereocenters. The van der Waals surface area contributed by atoms with Gasteiger partial charge in [-0.25, -0.2) is 0 Å². The molecule has 0 aliphatic carbocycles. The summed E-state index contributed by atoms with van der Waals surface area (Å²) in [4.78, 5) is 11.3. The van der Waals surface area contributed by atoms with Crippen molar-refractivity contribution in [2.24, 2.45) is 0 Å². The number of benzene rings is 1. The molecule has 20 heavy (non-hydrogen) atoms. The third-order valence-electron chi connectivity index (χ3n) is 2.37. The Labute approximate surface area is 113 Å². The van der Waals surface area contributed by atoms with Crippen LogP contribution < -0.4 is 5.32 Å². The van der Waals surface area contributed by atoms with Crippen molar-refractivity contribution in [1.29, 1.82) is 0 Å². The molecule has 0 aromatic heterocycles. The van der Waals surface area contributed by atoms with Crippen molar-refractivity contribution in [1.82, 2.24) is 5.32 Å². The van der Waals surface area contributed by atoms with Gasteiger partial charge in [-0.1, -0.05) is 6.07 Å². The Bertz CT molecular complexity index is 463. The second-order valence-electron chi connectivity index (χ2n) is 3.97. The highest BCUT2D eigenvalue weighted by Gasteiger charge is 2.28. The van der Waals surface area contributed by atoms with Crippen LogP contribution in [0.5, 0.6) is 11.5 Å². The second-order valence-corrected chi connectivity index (χ2v) is 3.97. The zero-order valence-corrected chi connectivity index (χ0v) is 10.4. The minimum Gasteiger partial charge on any atom is -0.504 e. The molecular formula is C12H14F3NO4. The summed E-state index contributed by atoms with van der Waals surface area (Å²) in [6, 6.07) is 4.14. The van der Waals surface area contributed by atoms with Gasteiger partial charge in [0.1, 0.15) is 0 Å². The average molecular weight is 293 g/mol. The van der Waals surface area contributed by atoms with E-state index in [1.165, 1.54) is 18.2 Å². The number of phenols is 2. The smallest absolute Gasteiger partial charge is 0.504 e. The van der Waals surface area contributed by atoms with Gasteiger partial charge < -0.3 is 15.5 Å². The second kappa shape index (κ2) is 6.99. The van der Waals surface area contributed by atoms with Crippen molar-refractivity contribution in [2.45, 2.75) is 19.2 Å². The van der Waals surface area contributed by atoms with Crippen LogP contribution in [0.25, 0.3) is 0 Å². The topological polar surface area (TPSA) is 78.8 Å². The fourth-order valence-electron chi connectivity index (χ4n) is 1.43. The van der Waals surface area contributed by atoms with Crippen LogP contribution in [0, 0.1) is 0 Å². The molecule has 0 aliphatic heterocycles. The number of nitrogens with one attached hydrogen (secondary N) is 1. The largest absolute Gasteiger partial charge is 0.522 e. The van der Waals surface area contributed by atoms with E-state index in [2.05, 4.69) is 10.1 Å². The Morgan fingerprint density at radius 2 is 1.95 bits per heavy atom. The van der Waals surface area contributed by atoms with Gasteiger partial charge in [-0.05, 0) is 24.1 Å². The molecule has 0 fully saturated rings. The number of phenolic OH excluding ortho intramolecular Hbond substituents is 2. The number of aryl methyl sites for hydroxylation is 1. The summed E-state index contributed by atoms with van der Waals surface area (Å²) >= 11 is 0. The molecule has 0 unspecified atom stereocenters. The van der Waals surface area contributed by atoms with Crippen LogP contribution in [0.3, 0.4) is 0 Å². The first-order valence-corrected chi connectivity index (χ1v) is 5.76. The number of amides is 1. The van der Waals surface area contributed by atoms with E-state index in [0.717, 1.165) is 0 Å². The van der Waals surface area contributed by atoms with Crippen LogP contribution >= 0.6 is 0 Å². The van der Waals surface area contributed by atoms with Crippen molar-refractivity contribution in [3.63, 3.8) is 0 Å². The van der Waals surface area contributed by atoms with Gasteiger partial charge in [-0.2, -0.15) is 0 Å². The number of carbonyl (C=O) groups excluding carboxylic acids is 1. The Kier molecular flexibility index (Phi) is 5.63. The van der Waals surface area contributed by atoms with Crippen LogP contribution in [-0.2, 0) is 16.0 Å². The molecule has 0 bridgehead atoms. The normalized spacial score (nSPS) is 11.3. The van der Waals surface area contributed by atoms with Crippen molar-refractivity contribution < 1.29 is 32.9 Å². The minimum absolute atomic E-state index is 0.0518. The molecular weight excluding hydrogens is 279 g/mol. The number of halogens is 3. The van der Waals surface area contributed by atoms with Gasteiger partial charge in [0, 0.05) is 13.0 Å². The predicted octanol–water partition coefficient (Wildman–Crippen LogP) is 1.68. The molecule has 0 heterocycles. The summed E-state index contributed by atoms with van der Waals surface area (Å²) in [5.74, 6) is -0.979. The number of carbonyl (C=O) groups is 1. The maximum atomic E-state index is 11.6. The summed E-state index contributed by atoms with van der Waals surface area (Å²) in [6.45, 7) is -0.881. The van der Waals surface area contributed by atoms with Crippen molar-refractivity contribution in [2.75, 3.05) is 13.2 Å². The van der Waals surface area contributed by atoms with Crippen molar-refractivity contribution >= 4 is 5.91 Å². The van der Waals surface area contributed by atoms with Gasteiger partial charge in [0.05, 0.1) is 6.61 Å². The van der Waals surface area contributed by atoms with E-state index in [1.54, 1.807) is 0 Å². The standard InChI is InChI=1S/C12H14F3NO4/c13-12(14,15)20-6-5-16-11(19)4-2-8-1-3-9(17)10(18)7-8/h1,3,7,17-18H,2,4-6H2,(H,16,19). The highest BCUT2D eigenvalue weighted by molar-refractivity contribution is 5.76. The van der Waals surface area contributed by atoms with Crippen molar-refractivity contribution in [3.8, 4) is 11.5 Å². The first kappa shape index (κ1) is 16.1. The van der Waals surface area contributed by atoms with E-state index < -0.39 is 18.9 Å². The van der Waals surface area contributed by atoms with Gasteiger partial charge in [0.2, 0.25) is 5.91 Å². The average Bonchev–Trinajstić information content (AvgIpc) is 2.35. The Balaban J connectivity index is 2.24. The zero-order valence-electron chi connectivity index (χ0n) is 10.4. The van der Waals surface area contributed by atoms with Gasteiger partial charge in [0.25, 0.3) is 0 Å². The van der Waals surface area contributed by atoms with Crippen LogP contribution in [0.4, 0.5) is 13.2 Å². The number of alkyl halides is 3. The van der Waals surface area contributed by atoms with Gasteiger partial charge >= 0.3 is 6.36 Å². The molecule has 1 aromatic carbocycles. The van der Waals surface area contributed by atoms with Crippen LogP contribution in [0.2, 0.25) is 0 Å². The summed E-state index contributed by atoms with van der Waals surface area (Å²) in [6.07, 6.45) is -4.36. The highest BCUT2D eigenvalue weighted by Crippen LogP contribution is 2.25. The van der Waals surface area contributed by atoms with E-state index in [0.29, 0.717) is 12.0 Å². The van der Waals surface area contributed by atoms with Crippen LogP contribution in [0.15, 0.2) is 18.2 Å². The molecule has 5 nitrogen and oxygen atoms in total. The Hall–Kier alpha value is -1.96. The first-order valence-electron chi connectivity index (χ1n) is 5.76. The van der Waals surface area contributed by atoms with Crippen LogP contribution in [-0.4, -0.2) is 35.6 Å². The lowest BCUT2D eigenvalue weighted by Crippen LogP contribution is -2.29. The molecule has 1 amide bonds.